The summed E-state index contributed by atoms with van der Waals surface area (Å²) in [7, 11) is 0. The van der Waals surface area contributed by atoms with E-state index in [1.807, 2.05) is 24.3 Å². The third-order valence-electron chi connectivity index (χ3n) is 4.75. The van der Waals surface area contributed by atoms with E-state index in [4.69, 9.17) is 4.74 Å². The van der Waals surface area contributed by atoms with Crippen molar-refractivity contribution in [3.63, 3.8) is 0 Å². The molecule has 0 amide bonds. The van der Waals surface area contributed by atoms with Crippen LogP contribution in [-0.2, 0) is 11.2 Å². The Morgan fingerprint density at radius 3 is 2.44 bits per heavy atom. The molecule has 1 aromatic rings. The average molecular weight is 353 g/mol. The molecule has 0 spiro atoms. The Balaban J connectivity index is 1.79. The topological polar surface area (TPSA) is 102 Å². The number of hydrogen-bond acceptors (Lipinski definition) is 6. The predicted octanol–water partition coefficient (Wildman–Crippen LogP) is 1.41. The molecule has 1 fully saturated rings. The molecule has 4 atom stereocenters. The summed E-state index contributed by atoms with van der Waals surface area (Å²) in [6.07, 6.45) is 3.12. The van der Waals surface area contributed by atoms with Crippen LogP contribution >= 0.6 is 0 Å². The van der Waals surface area contributed by atoms with E-state index in [2.05, 4.69) is 12.2 Å². The maximum absolute atomic E-state index is 10.3. The number of aliphatic hydroxyl groups is 4. The molecule has 142 valence electrons. The summed E-state index contributed by atoms with van der Waals surface area (Å²) in [6.45, 7) is 1.89. The maximum Gasteiger partial charge on any atom is 0.212 e. The fourth-order valence-electron chi connectivity index (χ4n) is 3.00. The highest BCUT2D eigenvalue weighted by atomic mass is 16.6. The van der Waals surface area contributed by atoms with Crippen LogP contribution < -0.4 is 5.32 Å². The number of unbranched alkanes of at least 4 members (excludes halogenated alkanes) is 4. The van der Waals surface area contributed by atoms with Crippen LogP contribution in [0.15, 0.2) is 24.3 Å². The van der Waals surface area contributed by atoms with Gasteiger partial charge in [-0.1, -0.05) is 44.7 Å². The van der Waals surface area contributed by atoms with E-state index in [9.17, 15) is 20.4 Å². The minimum Gasteiger partial charge on any atom is -0.388 e. The quantitative estimate of drug-likeness (QED) is 0.430. The first-order valence-electron chi connectivity index (χ1n) is 9.19. The van der Waals surface area contributed by atoms with E-state index >= 15 is 0 Å². The molecule has 25 heavy (non-hydrogen) atoms. The van der Waals surface area contributed by atoms with Gasteiger partial charge in [-0.15, -0.1) is 0 Å². The molecule has 5 N–H and O–H groups in total. The van der Waals surface area contributed by atoms with Gasteiger partial charge in [-0.3, -0.25) is 0 Å². The third kappa shape index (κ3) is 5.66. The summed E-state index contributed by atoms with van der Waals surface area (Å²) >= 11 is 0. The van der Waals surface area contributed by atoms with Crippen molar-refractivity contribution < 1.29 is 25.2 Å². The van der Waals surface area contributed by atoms with Crippen LogP contribution in [0.3, 0.4) is 0 Å². The summed E-state index contributed by atoms with van der Waals surface area (Å²) in [4.78, 5) is 0. The maximum atomic E-state index is 10.3. The highest BCUT2D eigenvalue weighted by Crippen LogP contribution is 2.24. The molecular formula is C19H31NO5. The minimum absolute atomic E-state index is 0.0890. The van der Waals surface area contributed by atoms with E-state index < -0.39 is 24.1 Å². The Bertz CT molecular complexity index is 509. The number of anilines is 1. The second-order valence-electron chi connectivity index (χ2n) is 6.87. The molecule has 0 aromatic heterocycles. The van der Waals surface area contributed by atoms with Crippen molar-refractivity contribution in [1.29, 1.82) is 0 Å². The number of benzene rings is 1. The Labute approximate surface area is 149 Å². The van der Waals surface area contributed by atoms with Crippen molar-refractivity contribution in [2.45, 2.75) is 69.5 Å². The van der Waals surface area contributed by atoms with Crippen molar-refractivity contribution in [2.24, 2.45) is 0 Å². The van der Waals surface area contributed by atoms with Crippen molar-refractivity contribution in [1.82, 2.24) is 0 Å². The first-order valence-corrected chi connectivity index (χ1v) is 9.19. The van der Waals surface area contributed by atoms with Crippen LogP contribution in [0.2, 0.25) is 0 Å². The molecule has 1 aliphatic heterocycles. The van der Waals surface area contributed by atoms with Crippen LogP contribution in [0, 0.1) is 0 Å². The zero-order chi connectivity index (χ0) is 18.3. The molecule has 1 heterocycles. The Morgan fingerprint density at radius 1 is 1.08 bits per heavy atom. The minimum atomic E-state index is -1.93. The molecule has 1 aliphatic rings. The van der Waals surface area contributed by atoms with Crippen LogP contribution in [0.4, 0.5) is 5.69 Å². The lowest BCUT2D eigenvalue weighted by Crippen LogP contribution is -2.63. The summed E-state index contributed by atoms with van der Waals surface area (Å²) in [5.41, 5.74) is 2.06. The van der Waals surface area contributed by atoms with Gasteiger partial charge in [-0.2, -0.15) is 0 Å². The number of nitrogens with one attached hydrogen (secondary N) is 1. The lowest BCUT2D eigenvalue weighted by Gasteiger charge is -2.41. The van der Waals surface area contributed by atoms with E-state index in [0.717, 1.165) is 12.1 Å². The Kier molecular flexibility index (Phi) is 7.65. The van der Waals surface area contributed by atoms with Gasteiger partial charge >= 0.3 is 0 Å². The van der Waals surface area contributed by atoms with Gasteiger partial charge in [0.05, 0.1) is 13.2 Å². The summed E-state index contributed by atoms with van der Waals surface area (Å²) < 4.78 is 5.12. The Morgan fingerprint density at radius 2 is 1.76 bits per heavy atom. The lowest BCUT2D eigenvalue weighted by atomic mass is 9.97. The van der Waals surface area contributed by atoms with Crippen molar-refractivity contribution in [2.75, 3.05) is 18.5 Å². The van der Waals surface area contributed by atoms with Gasteiger partial charge in [0, 0.05) is 5.69 Å². The fourth-order valence-corrected chi connectivity index (χ4v) is 3.00. The molecule has 0 bridgehead atoms. The molecule has 6 heteroatoms. The molecule has 0 aliphatic carbocycles. The SMILES string of the molecule is CCCCCCCc1ccc(NC[C@@]2(O)OC[C@@H](O)[C@@H](O)[C@@H]2O)cc1. The van der Waals surface area contributed by atoms with Crippen LogP contribution in [0.1, 0.15) is 44.6 Å². The van der Waals surface area contributed by atoms with Crippen molar-refractivity contribution >= 4 is 5.69 Å². The first-order chi connectivity index (χ1) is 12.0. The number of aliphatic hydroxyl groups excluding tert-OH is 3. The summed E-state index contributed by atoms with van der Waals surface area (Å²) in [5.74, 6) is -1.93. The van der Waals surface area contributed by atoms with Gasteiger partial charge in [0.2, 0.25) is 5.79 Å². The van der Waals surface area contributed by atoms with E-state index in [-0.39, 0.29) is 13.2 Å². The lowest BCUT2D eigenvalue weighted by molar-refractivity contribution is -0.313. The zero-order valence-corrected chi connectivity index (χ0v) is 14.9. The number of aryl methyl sites for hydroxylation is 1. The van der Waals surface area contributed by atoms with Crippen LogP contribution in [0.5, 0.6) is 0 Å². The third-order valence-corrected chi connectivity index (χ3v) is 4.75. The molecule has 1 saturated heterocycles. The van der Waals surface area contributed by atoms with Gasteiger partial charge in [-0.25, -0.2) is 0 Å². The van der Waals surface area contributed by atoms with E-state index in [1.54, 1.807) is 0 Å². The molecular weight excluding hydrogens is 322 g/mol. The number of hydrogen-bond donors (Lipinski definition) is 5. The first kappa shape index (κ1) is 20.1. The molecule has 0 saturated carbocycles. The van der Waals surface area contributed by atoms with Crippen molar-refractivity contribution in [3.8, 4) is 0 Å². The normalized spacial score (nSPS) is 29.6. The number of rotatable bonds is 9. The standard InChI is InChI=1S/C19H31NO5/c1-2-3-4-5-6-7-14-8-10-15(11-9-14)20-13-19(24)18(23)17(22)16(21)12-25-19/h8-11,16-18,20-24H,2-7,12-13H2,1H3/t16-,17-,18+,19-/m1/s1. The van der Waals surface area contributed by atoms with Gasteiger partial charge in [0.1, 0.15) is 18.3 Å². The smallest absolute Gasteiger partial charge is 0.212 e. The van der Waals surface area contributed by atoms with Gasteiger partial charge < -0.3 is 30.5 Å². The van der Waals surface area contributed by atoms with E-state index in [1.165, 1.54) is 37.7 Å². The van der Waals surface area contributed by atoms with E-state index in [0.29, 0.717) is 0 Å². The monoisotopic (exact) mass is 353 g/mol. The highest BCUT2D eigenvalue weighted by Gasteiger charge is 2.48. The average Bonchev–Trinajstić information content (AvgIpc) is 2.63. The molecule has 0 radical (unpaired) electrons. The second-order valence-corrected chi connectivity index (χ2v) is 6.87. The zero-order valence-electron chi connectivity index (χ0n) is 14.9. The summed E-state index contributed by atoms with van der Waals surface area (Å²) in [5, 5.41) is 42.4. The number of ether oxygens (including phenoxy) is 1. The summed E-state index contributed by atoms with van der Waals surface area (Å²) in [6, 6.07) is 7.93. The second kappa shape index (κ2) is 9.50. The molecule has 6 nitrogen and oxygen atoms in total. The largest absolute Gasteiger partial charge is 0.388 e. The van der Waals surface area contributed by atoms with Crippen LogP contribution in [0.25, 0.3) is 0 Å². The van der Waals surface area contributed by atoms with Gasteiger partial charge in [0.25, 0.3) is 0 Å². The van der Waals surface area contributed by atoms with Gasteiger partial charge in [0.15, 0.2) is 0 Å². The van der Waals surface area contributed by atoms with Crippen molar-refractivity contribution in [3.05, 3.63) is 29.8 Å². The molecule has 1 aromatic carbocycles. The fraction of sp³-hybridized carbons (Fsp3) is 0.684. The van der Waals surface area contributed by atoms with Crippen LogP contribution in [-0.4, -0.2) is 57.7 Å². The van der Waals surface area contributed by atoms with Gasteiger partial charge in [-0.05, 0) is 30.5 Å². The Hall–Kier alpha value is -1.18. The molecule has 0 unspecified atom stereocenters. The molecule has 2 rings (SSSR count). The highest BCUT2D eigenvalue weighted by molar-refractivity contribution is 5.45. The predicted molar refractivity (Wildman–Crippen MR) is 96.3 cm³/mol.